The lowest BCUT2D eigenvalue weighted by molar-refractivity contribution is 0.0931. The van der Waals surface area contributed by atoms with E-state index in [-0.39, 0.29) is 23.3 Å². The summed E-state index contributed by atoms with van der Waals surface area (Å²) in [6.45, 7) is 8.47. The minimum atomic E-state index is -0.270. The van der Waals surface area contributed by atoms with Gasteiger partial charge >= 0.3 is 0 Å². The van der Waals surface area contributed by atoms with Crippen molar-refractivity contribution in [2.45, 2.75) is 52.5 Å². The number of benzene rings is 1. The first-order valence-electron chi connectivity index (χ1n) is 13.4. The molecule has 1 aliphatic rings. The van der Waals surface area contributed by atoms with Crippen LogP contribution in [0.1, 0.15) is 76.6 Å². The van der Waals surface area contributed by atoms with Crippen molar-refractivity contribution in [3.05, 3.63) is 57.7 Å². The summed E-state index contributed by atoms with van der Waals surface area (Å²) in [5.74, 6) is 0.214. The summed E-state index contributed by atoms with van der Waals surface area (Å²) >= 11 is 1.34. The van der Waals surface area contributed by atoms with Gasteiger partial charge < -0.3 is 21.3 Å². The summed E-state index contributed by atoms with van der Waals surface area (Å²) < 4.78 is 0. The zero-order valence-corrected chi connectivity index (χ0v) is 24.0. The smallest absolute Gasteiger partial charge is 0.280 e. The molecule has 9 heteroatoms. The quantitative estimate of drug-likeness (QED) is 0.382. The molecule has 204 valence electrons. The number of fused-ring (bicyclic) bond motifs is 2. The molecule has 0 spiro atoms. The Morgan fingerprint density at radius 1 is 1.18 bits per heavy atom. The Kier molecular flexibility index (Phi) is 8.80. The van der Waals surface area contributed by atoms with Gasteiger partial charge in [-0.25, -0.2) is 9.97 Å². The normalized spacial score (nSPS) is 16.3. The second-order valence-corrected chi connectivity index (χ2v) is 12.5. The maximum absolute atomic E-state index is 13.4. The third-order valence-electron chi connectivity index (χ3n) is 7.32. The van der Waals surface area contributed by atoms with Crippen molar-refractivity contribution in [1.82, 2.24) is 25.5 Å². The highest BCUT2D eigenvalue weighted by molar-refractivity contribution is 7.19. The predicted molar refractivity (Wildman–Crippen MR) is 154 cm³/mol. The van der Waals surface area contributed by atoms with Gasteiger partial charge in [-0.15, -0.1) is 0 Å². The first kappa shape index (κ1) is 28.1. The standard InChI is InChI=1S/C29H40N6O2S/c1-29(2,3)21-9-10-22-20(16-21)17-24-27(33-22)38-28(34-24)26(37)32-23(11-14-35(4)5)18-7-6-8-19(15-18)25(36)31-13-12-30/h6-8,15,17,21,23H,9-14,16,30H2,1-5H3,(H,31,36)(H,32,37)/t21-,23+/m0/s1. The van der Waals surface area contributed by atoms with Gasteiger partial charge in [-0.05, 0) is 87.0 Å². The maximum atomic E-state index is 13.4. The topological polar surface area (TPSA) is 113 Å². The molecule has 0 aliphatic heterocycles. The lowest BCUT2D eigenvalue weighted by Gasteiger charge is -2.34. The molecule has 3 aromatic rings. The molecule has 0 bridgehead atoms. The Balaban J connectivity index is 1.56. The summed E-state index contributed by atoms with van der Waals surface area (Å²) in [5.41, 5.74) is 10.4. The van der Waals surface area contributed by atoms with Crippen molar-refractivity contribution >= 4 is 33.5 Å². The number of amides is 2. The van der Waals surface area contributed by atoms with Gasteiger partial charge in [0, 0.05) is 24.3 Å². The number of nitrogens with one attached hydrogen (secondary N) is 2. The first-order chi connectivity index (χ1) is 18.0. The highest BCUT2D eigenvalue weighted by atomic mass is 32.1. The van der Waals surface area contributed by atoms with Crippen molar-refractivity contribution in [3.63, 3.8) is 0 Å². The molecule has 4 N–H and O–H groups in total. The number of hydrogen-bond acceptors (Lipinski definition) is 7. The van der Waals surface area contributed by atoms with E-state index < -0.39 is 0 Å². The molecule has 0 saturated carbocycles. The van der Waals surface area contributed by atoms with E-state index in [0.717, 1.165) is 47.4 Å². The van der Waals surface area contributed by atoms with Gasteiger partial charge in [0.15, 0.2) is 5.01 Å². The fourth-order valence-electron chi connectivity index (χ4n) is 4.96. The number of thiazole rings is 1. The molecule has 4 rings (SSSR count). The van der Waals surface area contributed by atoms with Crippen LogP contribution in [0.3, 0.4) is 0 Å². The van der Waals surface area contributed by atoms with Crippen LogP contribution in [0.15, 0.2) is 30.3 Å². The van der Waals surface area contributed by atoms with Crippen LogP contribution in [0.25, 0.3) is 10.3 Å². The Morgan fingerprint density at radius 2 is 1.97 bits per heavy atom. The molecule has 0 radical (unpaired) electrons. The zero-order valence-electron chi connectivity index (χ0n) is 23.1. The molecule has 0 unspecified atom stereocenters. The van der Waals surface area contributed by atoms with Gasteiger partial charge in [-0.1, -0.05) is 44.2 Å². The highest BCUT2D eigenvalue weighted by Crippen LogP contribution is 2.38. The molecule has 1 aliphatic carbocycles. The third-order valence-corrected chi connectivity index (χ3v) is 8.28. The van der Waals surface area contributed by atoms with E-state index in [1.807, 2.05) is 32.3 Å². The van der Waals surface area contributed by atoms with Crippen molar-refractivity contribution < 1.29 is 9.59 Å². The van der Waals surface area contributed by atoms with E-state index in [2.05, 4.69) is 47.4 Å². The SMILES string of the molecule is CN(C)CC[C@@H](NC(=O)c1nc2cc3c(nc2s1)CC[C@H](C(C)(C)C)C3)c1cccc(C(=O)NCCN)c1. The number of nitrogens with two attached hydrogens (primary N) is 1. The Morgan fingerprint density at radius 3 is 2.68 bits per heavy atom. The molecular formula is C29H40N6O2S. The minimum Gasteiger partial charge on any atom is -0.351 e. The molecule has 1 aromatic carbocycles. The predicted octanol–water partition coefficient (Wildman–Crippen LogP) is 3.95. The van der Waals surface area contributed by atoms with Crippen LogP contribution in [0.4, 0.5) is 0 Å². The van der Waals surface area contributed by atoms with Crippen LogP contribution in [0.5, 0.6) is 0 Å². The number of aromatic nitrogens is 2. The number of rotatable bonds is 9. The zero-order chi connectivity index (χ0) is 27.4. The molecule has 2 atom stereocenters. The van der Waals surface area contributed by atoms with E-state index in [9.17, 15) is 9.59 Å². The number of carbonyl (C=O) groups is 2. The molecule has 0 saturated heterocycles. The minimum absolute atomic E-state index is 0.176. The Bertz CT molecular complexity index is 1300. The monoisotopic (exact) mass is 536 g/mol. The van der Waals surface area contributed by atoms with Gasteiger partial charge in [-0.2, -0.15) is 0 Å². The molecule has 2 aromatic heterocycles. The van der Waals surface area contributed by atoms with Gasteiger partial charge in [0.2, 0.25) is 0 Å². The molecule has 2 amide bonds. The highest BCUT2D eigenvalue weighted by Gasteiger charge is 2.30. The van der Waals surface area contributed by atoms with E-state index in [1.54, 1.807) is 6.07 Å². The maximum Gasteiger partial charge on any atom is 0.280 e. The van der Waals surface area contributed by atoms with Crippen molar-refractivity contribution in [3.8, 4) is 0 Å². The second kappa shape index (κ2) is 11.9. The van der Waals surface area contributed by atoms with E-state index in [1.165, 1.54) is 16.9 Å². The van der Waals surface area contributed by atoms with Gasteiger partial charge in [0.1, 0.15) is 10.3 Å². The lowest BCUT2D eigenvalue weighted by atomic mass is 9.71. The van der Waals surface area contributed by atoms with Gasteiger partial charge in [0.05, 0.1) is 6.04 Å². The number of hydrogen-bond donors (Lipinski definition) is 3. The molecule has 2 heterocycles. The number of aryl methyl sites for hydroxylation is 1. The number of carbonyl (C=O) groups excluding carboxylic acids is 2. The second-order valence-electron chi connectivity index (χ2n) is 11.5. The van der Waals surface area contributed by atoms with Crippen LogP contribution < -0.4 is 16.4 Å². The van der Waals surface area contributed by atoms with Crippen LogP contribution in [-0.2, 0) is 12.8 Å². The molecule has 8 nitrogen and oxygen atoms in total. The van der Waals surface area contributed by atoms with Crippen LogP contribution in [0.2, 0.25) is 0 Å². The third kappa shape index (κ3) is 6.76. The van der Waals surface area contributed by atoms with E-state index in [4.69, 9.17) is 10.7 Å². The molecule has 0 fully saturated rings. The van der Waals surface area contributed by atoms with Crippen molar-refractivity contribution in [1.29, 1.82) is 0 Å². The summed E-state index contributed by atoms with van der Waals surface area (Å²) in [6.07, 6.45) is 3.80. The number of nitrogens with zero attached hydrogens (tertiary/aromatic N) is 3. The Labute approximate surface area is 229 Å². The van der Waals surface area contributed by atoms with Gasteiger partial charge in [-0.3, -0.25) is 9.59 Å². The number of pyridine rings is 1. The largest absolute Gasteiger partial charge is 0.351 e. The molecular weight excluding hydrogens is 496 g/mol. The molecule has 38 heavy (non-hydrogen) atoms. The van der Waals surface area contributed by atoms with Crippen molar-refractivity contribution in [2.75, 3.05) is 33.7 Å². The first-order valence-corrected chi connectivity index (χ1v) is 14.2. The van der Waals surface area contributed by atoms with E-state index >= 15 is 0 Å². The fourth-order valence-corrected chi connectivity index (χ4v) is 5.81. The van der Waals surface area contributed by atoms with Crippen LogP contribution in [0, 0.1) is 11.3 Å². The average molecular weight is 537 g/mol. The summed E-state index contributed by atoms with van der Waals surface area (Å²) in [7, 11) is 4.00. The van der Waals surface area contributed by atoms with Gasteiger partial charge in [0.25, 0.3) is 11.8 Å². The summed E-state index contributed by atoms with van der Waals surface area (Å²) in [5, 5.41) is 6.39. The summed E-state index contributed by atoms with van der Waals surface area (Å²) in [6, 6.07) is 9.26. The lowest BCUT2D eigenvalue weighted by Crippen LogP contribution is -2.32. The van der Waals surface area contributed by atoms with Crippen LogP contribution in [-0.4, -0.2) is 60.4 Å². The Hall–Kier alpha value is -2.88. The van der Waals surface area contributed by atoms with E-state index in [0.29, 0.717) is 36.0 Å². The van der Waals surface area contributed by atoms with Crippen molar-refractivity contribution in [2.24, 2.45) is 17.1 Å². The van der Waals surface area contributed by atoms with Crippen LogP contribution >= 0.6 is 11.3 Å². The fraction of sp³-hybridized carbons (Fsp3) is 0.517. The summed E-state index contributed by atoms with van der Waals surface area (Å²) in [4.78, 5) is 38.4. The average Bonchev–Trinajstić information content (AvgIpc) is 3.30.